The van der Waals surface area contributed by atoms with E-state index in [1.807, 2.05) is 6.92 Å². The van der Waals surface area contributed by atoms with Gasteiger partial charge in [-0.2, -0.15) is 5.10 Å². The largest absolute Gasteiger partial charge is 0.375 e. The summed E-state index contributed by atoms with van der Waals surface area (Å²) in [6.07, 6.45) is -0.0954. The summed E-state index contributed by atoms with van der Waals surface area (Å²) in [6.45, 7) is 4.72. The second kappa shape index (κ2) is 6.52. The molecule has 1 saturated heterocycles. The molecule has 1 aliphatic heterocycles. The maximum Gasteiger partial charge on any atom is 0.278 e. The van der Waals surface area contributed by atoms with Gasteiger partial charge in [0.1, 0.15) is 11.5 Å². The number of hydrogen-bond acceptors (Lipinski definition) is 4. The van der Waals surface area contributed by atoms with E-state index in [0.717, 1.165) is 0 Å². The van der Waals surface area contributed by atoms with E-state index < -0.39 is 17.2 Å². The van der Waals surface area contributed by atoms with Crippen LogP contribution in [0.4, 0.5) is 4.39 Å². The molecule has 2 heterocycles. The van der Waals surface area contributed by atoms with Crippen LogP contribution in [0.1, 0.15) is 23.1 Å². The van der Waals surface area contributed by atoms with E-state index in [0.29, 0.717) is 25.4 Å². The van der Waals surface area contributed by atoms with Crippen molar-refractivity contribution in [1.82, 2.24) is 14.7 Å². The summed E-state index contributed by atoms with van der Waals surface area (Å²) in [5, 5.41) is 4.14. The van der Waals surface area contributed by atoms with Crippen LogP contribution in [0.15, 0.2) is 35.1 Å². The first-order chi connectivity index (χ1) is 11.5. The first kappa shape index (κ1) is 16.3. The van der Waals surface area contributed by atoms with E-state index in [4.69, 9.17) is 4.74 Å². The third-order valence-corrected chi connectivity index (χ3v) is 3.92. The van der Waals surface area contributed by atoms with Gasteiger partial charge in [-0.05, 0) is 26.0 Å². The minimum atomic E-state index is -0.477. The maximum atomic E-state index is 14.0. The van der Waals surface area contributed by atoms with E-state index >= 15 is 0 Å². The SMILES string of the molecule is Cc1cc(=O)c(C(=O)N2CCO[C@H](C)C2)nn1-c1ccccc1F. The second-order valence-corrected chi connectivity index (χ2v) is 5.79. The van der Waals surface area contributed by atoms with Crippen LogP contribution in [0.3, 0.4) is 0 Å². The molecule has 0 spiro atoms. The number of hydrogen-bond donors (Lipinski definition) is 0. The number of ether oxygens (including phenoxy) is 1. The zero-order valence-electron chi connectivity index (χ0n) is 13.5. The Balaban J connectivity index is 2.03. The van der Waals surface area contributed by atoms with Crippen molar-refractivity contribution in [1.29, 1.82) is 0 Å². The standard InChI is InChI=1S/C17H18FN3O3/c1-11-9-15(22)16(17(23)20-7-8-24-12(2)10-20)19-21(11)14-6-4-3-5-13(14)18/h3-6,9,12H,7-8,10H2,1-2H3/t12-/m1/s1. The first-order valence-electron chi connectivity index (χ1n) is 7.74. The van der Waals surface area contributed by atoms with Crippen LogP contribution in [-0.4, -0.2) is 46.4 Å². The van der Waals surface area contributed by atoms with E-state index in [2.05, 4.69) is 5.10 Å². The summed E-state index contributed by atoms with van der Waals surface area (Å²) >= 11 is 0. The molecule has 0 saturated carbocycles. The van der Waals surface area contributed by atoms with Gasteiger partial charge in [0, 0.05) is 24.8 Å². The molecule has 0 unspecified atom stereocenters. The van der Waals surface area contributed by atoms with E-state index in [1.54, 1.807) is 30.0 Å². The number of rotatable bonds is 2. The molecule has 7 heteroatoms. The fourth-order valence-corrected chi connectivity index (χ4v) is 2.72. The Morgan fingerprint density at radius 1 is 1.38 bits per heavy atom. The molecule has 2 aromatic rings. The average molecular weight is 331 g/mol. The van der Waals surface area contributed by atoms with Gasteiger partial charge in [0.05, 0.1) is 12.7 Å². The highest BCUT2D eigenvalue weighted by Gasteiger charge is 2.26. The molecule has 0 radical (unpaired) electrons. The Bertz CT molecular complexity index is 834. The first-order valence-corrected chi connectivity index (χ1v) is 7.74. The summed E-state index contributed by atoms with van der Waals surface area (Å²) in [6, 6.07) is 7.39. The van der Waals surface area contributed by atoms with Crippen molar-refractivity contribution in [2.45, 2.75) is 20.0 Å². The number of nitrogens with zero attached hydrogens (tertiary/aromatic N) is 3. The van der Waals surface area contributed by atoms with Crippen LogP contribution in [0.5, 0.6) is 0 Å². The lowest BCUT2D eigenvalue weighted by atomic mass is 10.2. The number of benzene rings is 1. The number of aryl methyl sites for hydroxylation is 1. The van der Waals surface area contributed by atoms with Crippen LogP contribution in [-0.2, 0) is 4.74 Å². The summed E-state index contributed by atoms with van der Waals surface area (Å²) in [7, 11) is 0. The number of amides is 1. The summed E-state index contributed by atoms with van der Waals surface area (Å²) in [5.41, 5.74) is -0.0291. The molecule has 1 aliphatic rings. The van der Waals surface area contributed by atoms with Crippen molar-refractivity contribution in [2.75, 3.05) is 19.7 Å². The molecule has 1 amide bonds. The van der Waals surface area contributed by atoms with Crippen LogP contribution in [0.2, 0.25) is 0 Å². The van der Waals surface area contributed by atoms with Crippen LogP contribution in [0, 0.1) is 12.7 Å². The molecule has 0 N–H and O–H groups in total. The molecule has 3 rings (SSSR count). The van der Waals surface area contributed by atoms with Crippen molar-refractivity contribution < 1.29 is 13.9 Å². The summed E-state index contributed by atoms with van der Waals surface area (Å²) in [4.78, 5) is 26.4. The van der Waals surface area contributed by atoms with E-state index in [9.17, 15) is 14.0 Å². The maximum absolute atomic E-state index is 14.0. The molecule has 0 aliphatic carbocycles. The molecular formula is C17H18FN3O3. The number of carbonyl (C=O) groups is 1. The Morgan fingerprint density at radius 2 is 2.12 bits per heavy atom. The van der Waals surface area contributed by atoms with E-state index in [1.165, 1.54) is 16.8 Å². The molecule has 1 aromatic heterocycles. The highest BCUT2D eigenvalue weighted by atomic mass is 19.1. The molecule has 126 valence electrons. The van der Waals surface area contributed by atoms with Crippen LogP contribution < -0.4 is 5.43 Å². The number of morpholine rings is 1. The lowest BCUT2D eigenvalue weighted by Crippen LogP contribution is -2.46. The van der Waals surface area contributed by atoms with Gasteiger partial charge in [-0.15, -0.1) is 0 Å². The van der Waals surface area contributed by atoms with E-state index in [-0.39, 0.29) is 17.5 Å². The summed E-state index contributed by atoms with van der Waals surface area (Å²) < 4.78 is 20.7. The number of halogens is 1. The smallest absolute Gasteiger partial charge is 0.278 e. The quantitative estimate of drug-likeness (QED) is 0.837. The minimum absolute atomic E-state index is 0.0954. The van der Waals surface area contributed by atoms with Gasteiger partial charge in [-0.3, -0.25) is 9.59 Å². The highest BCUT2D eigenvalue weighted by Crippen LogP contribution is 2.14. The van der Waals surface area contributed by atoms with Crippen LogP contribution in [0.25, 0.3) is 5.69 Å². The van der Waals surface area contributed by atoms with Gasteiger partial charge in [-0.1, -0.05) is 12.1 Å². The molecule has 6 nitrogen and oxygen atoms in total. The Morgan fingerprint density at radius 3 is 2.83 bits per heavy atom. The summed E-state index contributed by atoms with van der Waals surface area (Å²) in [5.74, 6) is -0.935. The van der Waals surface area contributed by atoms with Crippen molar-refractivity contribution >= 4 is 5.91 Å². The molecule has 24 heavy (non-hydrogen) atoms. The highest BCUT2D eigenvalue weighted by molar-refractivity contribution is 5.92. The molecule has 1 aromatic carbocycles. The Hall–Kier alpha value is -2.54. The molecule has 0 bridgehead atoms. The van der Waals surface area contributed by atoms with Gasteiger partial charge in [0.15, 0.2) is 5.69 Å². The third kappa shape index (κ3) is 3.07. The van der Waals surface area contributed by atoms with Crippen molar-refractivity contribution in [2.24, 2.45) is 0 Å². The van der Waals surface area contributed by atoms with Crippen molar-refractivity contribution in [3.8, 4) is 5.69 Å². The Kier molecular flexibility index (Phi) is 4.44. The Labute approximate surface area is 138 Å². The van der Waals surface area contributed by atoms with Crippen LogP contribution >= 0.6 is 0 Å². The molecular weight excluding hydrogens is 313 g/mol. The predicted molar refractivity (Wildman–Crippen MR) is 85.8 cm³/mol. The molecule has 1 fully saturated rings. The number of para-hydroxylation sites is 1. The molecule has 1 atom stereocenters. The monoisotopic (exact) mass is 331 g/mol. The number of carbonyl (C=O) groups excluding carboxylic acids is 1. The van der Waals surface area contributed by atoms with Gasteiger partial charge < -0.3 is 9.64 Å². The predicted octanol–water partition coefficient (Wildman–Crippen LogP) is 1.54. The number of aromatic nitrogens is 2. The van der Waals surface area contributed by atoms with Gasteiger partial charge in [0.25, 0.3) is 5.91 Å². The fraction of sp³-hybridized carbons (Fsp3) is 0.353. The second-order valence-electron chi connectivity index (χ2n) is 5.79. The average Bonchev–Trinajstić information content (AvgIpc) is 2.55. The van der Waals surface area contributed by atoms with Gasteiger partial charge in [-0.25, -0.2) is 9.07 Å². The zero-order chi connectivity index (χ0) is 17.3. The van der Waals surface area contributed by atoms with Gasteiger partial charge >= 0.3 is 0 Å². The van der Waals surface area contributed by atoms with Gasteiger partial charge in [0.2, 0.25) is 5.43 Å². The van der Waals surface area contributed by atoms with Crippen molar-refractivity contribution in [3.63, 3.8) is 0 Å². The third-order valence-electron chi connectivity index (χ3n) is 3.92. The lowest BCUT2D eigenvalue weighted by Gasteiger charge is -2.30. The topological polar surface area (TPSA) is 64.4 Å². The minimum Gasteiger partial charge on any atom is -0.375 e. The zero-order valence-corrected chi connectivity index (χ0v) is 13.5. The van der Waals surface area contributed by atoms with Crippen molar-refractivity contribution in [3.05, 3.63) is 57.8 Å². The lowest BCUT2D eigenvalue weighted by molar-refractivity contribution is -0.0127. The normalized spacial score (nSPS) is 17.8. The fourth-order valence-electron chi connectivity index (χ4n) is 2.72.